The highest BCUT2D eigenvalue weighted by Crippen LogP contribution is 1.92. The maximum absolute atomic E-state index is 5.31. The van der Waals surface area contributed by atoms with Gasteiger partial charge in [0.25, 0.3) is 0 Å². The number of rotatable bonds is 8. The van der Waals surface area contributed by atoms with Gasteiger partial charge in [-0.15, -0.1) is 0 Å². The average Bonchev–Trinajstić information content (AvgIpc) is 2.03. The summed E-state index contributed by atoms with van der Waals surface area (Å²) in [5, 5.41) is 3.25. The zero-order valence-corrected chi connectivity index (χ0v) is 9.44. The van der Waals surface area contributed by atoms with Gasteiger partial charge in [-0.25, -0.2) is 0 Å². The first-order valence-electron chi connectivity index (χ1n) is 4.31. The fourth-order valence-corrected chi connectivity index (χ4v) is 1.19. The molecular weight excluding hydrogens is 156 g/mol. The second kappa shape index (κ2) is 10.1. The number of hydrogen-bond donors (Lipinski definition) is 2. The number of nitrogens with two attached hydrogens (primary N) is 1. The number of nitrogens with one attached hydrogen (secondary N) is 1. The standard InChI is InChI=1S/C7H20N2OSi/c8-4-6-9-5-2-1-3-7-10-11/h9H,1-8H2,11H3. The van der Waals surface area contributed by atoms with E-state index in [-0.39, 0.29) is 0 Å². The van der Waals surface area contributed by atoms with Gasteiger partial charge in [0.2, 0.25) is 0 Å². The van der Waals surface area contributed by atoms with E-state index in [1.165, 1.54) is 19.3 Å². The minimum absolute atomic E-state index is 0.740. The summed E-state index contributed by atoms with van der Waals surface area (Å²) in [5.74, 6) is 0. The van der Waals surface area contributed by atoms with Gasteiger partial charge < -0.3 is 15.5 Å². The fraction of sp³-hybridized carbons (Fsp3) is 1.00. The zero-order chi connectivity index (χ0) is 8.36. The zero-order valence-electron chi connectivity index (χ0n) is 7.44. The smallest absolute Gasteiger partial charge is 0.145 e. The van der Waals surface area contributed by atoms with E-state index in [4.69, 9.17) is 10.2 Å². The summed E-state index contributed by atoms with van der Waals surface area (Å²) in [7, 11) is 0.877. The molecule has 0 aliphatic rings. The Morgan fingerprint density at radius 3 is 2.64 bits per heavy atom. The third kappa shape index (κ3) is 10.1. The lowest BCUT2D eigenvalue weighted by Crippen LogP contribution is -2.23. The molecule has 4 heteroatoms. The molecule has 11 heavy (non-hydrogen) atoms. The second-order valence-corrected chi connectivity index (χ2v) is 3.17. The van der Waals surface area contributed by atoms with Gasteiger partial charge in [0.1, 0.15) is 10.5 Å². The maximum Gasteiger partial charge on any atom is 0.145 e. The molecule has 0 unspecified atom stereocenters. The third-order valence-electron chi connectivity index (χ3n) is 1.52. The molecule has 3 N–H and O–H groups in total. The molecule has 0 fully saturated rings. The van der Waals surface area contributed by atoms with Crippen molar-refractivity contribution in [3.05, 3.63) is 0 Å². The van der Waals surface area contributed by atoms with Crippen LogP contribution in [0.4, 0.5) is 0 Å². The fourth-order valence-electron chi connectivity index (χ4n) is 0.900. The first-order valence-corrected chi connectivity index (χ1v) is 5.13. The van der Waals surface area contributed by atoms with Gasteiger partial charge in [-0.1, -0.05) is 0 Å². The molecule has 0 amide bonds. The highest BCUT2D eigenvalue weighted by Gasteiger charge is 1.87. The first-order chi connectivity index (χ1) is 5.41. The summed E-state index contributed by atoms with van der Waals surface area (Å²) in [6, 6.07) is 0. The Labute approximate surface area is 72.2 Å². The van der Waals surface area contributed by atoms with Crippen molar-refractivity contribution in [1.29, 1.82) is 0 Å². The van der Waals surface area contributed by atoms with Crippen LogP contribution in [0.3, 0.4) is 0 Å². The van der Waals surface area contributed by atoms with Crippen LogP contribution in [-0.4, -0.2) is 36.7 Å². The monoisotopic (exact) mass is 176 g/mol. The molecular formula is C7H20N2OSi. The molecule has 0 atom stereocenters. The van der Waals surface area contributed by atoms with Gasteiger partial charge in [-0.2, -0.15) is 0 Å². The lowest BCUT2D eigenvalue weighted by Gasteiger charge is -2.02. The molecule has 0 aromatic carbocycles. The van der Waals surface area contributed by atoms with E-state index < -0.39 is 0 Å². The molecule has 0 heterocycles. The minimum Gasteiger partial charge on any atom is -0.428 e. The number of unbranched alkanes of at least 4 members (excludes halogenated alkanes) is 2. The van der Waals surface area contributed by atoms with Crippen LogP contribution in [0, 0.1) is 0 Å². The minimum atomic E-state index is 0.740. The summed E-state index contributed by atoms with van der Waals surface area (Å²) in [5.41, 5.74) is 5.31. The lowest BCUT2D eigenvalue weighted by molar-refractivity contribution is 0.333. The predicted molar refractivity (Wildman–Crippen MR) is 51.7 cm³/mol. The average molecular weight is 176 g/mol. The summed E-state index contributed by atoms with van der Waals surface area (Å²) < 4.78 is 5.07. The van der Waals surface area contributed by atoms with E-state index in [9.17, 15) is 0 Å². The molecule has 0 saturated heterocycles. The topological polar surface area (TPSA) is 47.3 Å². The summed E-state index contributed by atoms with van der Waals surface area (Å²) in [4.78, 5) is 0. The molecule has 0 aromatic heterocycles. The Bertz CT molecular complexity index is 65.5. The van der Waals surface area contributed by atoms with Crippen molar-refractivity contribution in [2.75, 3.05) is 26.2 Å². The van der Waals surface area contributed by atoms with Crippen LogP contribution in [0.1, 0.15) is 19.3 Å². The van der Waals surface area contributed by atoms with E-state index in [0.29, 0.717) is 0 Å². The Kier molecular flexibility index (Phi) is 10.2. The SMILES string of the molecule is NCCNCCCCCO[SiH3]. The highest BCUT2D eigenvalue weighted by molar-refractivity contribution is 5.97. The molecule has 0 radical (unpaired) electrons. The molecule has 0 saturated carbocycles. The lowest BCUT2D eigenvalue weighted by atomic mass is 10.2. The van der Waals surface area contributed by atoms with Gasteiger partial charge >= 0.3 is 0 Å². The predicted octanol–water partition coefficient (Wildman–Crippen LogP) is -0.998. The molecule has 0 rings (SSSR count). The van der Waals surface area contributed by atoms with Crippen molar-refractivity contribution < 1.29 is 4.43 Å². The molecule has 0 aromatic rings. The Morgan fingerprint density at radius 2 is 2.00 bits per heavy atom. The van der Waals surface area contributed by atoms with E-state index >= 15 is 0 Å². The summed E-state index contributed by atoms with van der Waals surface area (Å²) >= 11 is 0. The van der Waals surface area contributed by atoms with Crippen LogP contribution >= 0.6 is 0 Å². The Morgan fingerprint density at radius 1 is 1.18 bits per heavy atom. The molecule has 0 spiro atoms. The Balaban J connectivity index is 2.69. The van der Waals surface area contributed by atoms with E-state index in [1.807, 2.05) is 0 Å². The van der Waals surface area contributed by atoms with Crippen LogP contribution in [0.2, 0.25) is 0 Å². The van der Waals surface area contributed by atoms with Gasteiger partial charge in [-0.3, -0.25) is 0 Å². The summed E-state index contributed by atoms with van der Waals surface area (Å²) in [6.07, 6.45) is 3.71. The molecule has 0 aliphatic heterocycles. The van der Waals surface area contributed by atoms with Crippen LogP contribution in [0.25, 0.3) is 0 Å². The normalized spacial score (nSPS) is 10.6. The van der Waals surface area contributed by atoms with Gasteiger partial charge in [0.15, 0.2) is 0 Å². The largest absolute Gasteiger partial charge is 0.428 e. The molecule has 68 valence electrons. The van der Waals surface area contributed by atoms with E-state index in [2.05, 4.69) is 5.32 Å². The highest BCUT2D eigenvalue weighted by atomic mass is 28.2. The maximum atomic E-state index is 5.31. The molecule has 0 aliphatic carbocycles. The van der Waals surface area contributed by atoms with E-state index in [1.54, 1.807) is 0 Å². The molecule has 3 nitrogen and oxygen atoms in total. The third-order valence-corrected chi connectivity index (χ3v) is 1.93. The number of hydrogen-bond acceptors (Lipinski definition) is 3. The van der Waals surface area contributed by atoms with Crippen molar-refractivity contribution in [2.24, 2.45) is 5.73 Å². The quantitative estimate of drug-likeness (QED) is 0.368. The van der Waals surface area contributed by atoms with Crippen molar-refractivity contribution in [2.45, 2.75) is 19.3 Å². The first kappa shape index (κ1) is 11.1. The molecule has 0 bridgehead atoms. The summed E-state index contributed by atoms with van der Waals surface area (Å²) in [6.45, 7) is 3.72. The van der Waals surface area contributed by atoms with Crippen molar-refractivity contribution in [1.82, 2.24) is 5.32 Å². The second-order valence-electron chi connectivity index (χ2n) is 2.59. The van der Waals surface area contributed by atoms with Crippen molar-refractivity contribution in [3.8, 4) is 0 Å². The van der Waals surface area contributed by atoms with Gasteiger partial charge in [0, 0.05) is 19.7 Å². The van der Waals surface area contributed by atoms with E-state index in [0.717, 1.165) is 36.7 Å². The van der Waals surface area contributed by atoms with Gasteiger partial charge in [0.05, 0.1) is 0 Å². The Hall–Kier alpha value is 0.0969. The van der Waals surface area contributed by atoms with Crippen molar-refractivity contribution in [3.63, 3.8) is 0 Å². The van der Waals surface area contributed by atoms with Crippen LogP contribution in [-0.2, 0) is 4.43 Å². The van der Waals surface area contributed by atoms with Gasteiger partial charge in [-0.05, 0) is 25.8 Å². The van der Waals surface area contributed by atoms with Crippen LogP contribution in [0.15, 0.2) is 0 Å². The van der Waals surface area contributed by atoms with Crippen molar-refractivity contribution >= 4 is 10.5 Å². The van der Waals surface area contributed by atoms with Crippen LogP contribution in [0.5, 0.6) is 0 Å². The van der Waals surface area contributed by atoms with Crippen LogP contribution < -0.4 is 11.1 Å².